The molecule has 0 aliphatic carbocycles. The lowest BCUT2D eigenvalue weighted by atomic mass is 10.2. The number of hydrogen-bond acceptors (Lipinski definition) is 4. The molecule has 2 aromatic heterocycles. The minimum atomic E-state index is -3.36. The van der Waals surface area contributed by atoms with Crippen LogP contribution in [-0.4, -0.2) is 30.0 Å². The van der Waals surface area contributed by atoms with Crippen LogP contribution in [0.1, 0.15) is 21.6 Å². The van der Waals surface area contributed by atoms with E-state index in [-0.39, 0.29) is 16.6 Å². The normalized spacial score (nSPS) is 11.5. The summed E-state index contributed by atoms with van der Waals surface area (Å²) in [6.45, 7) is 0.302. The molecule has 0 unspecified atom stereocenters. The zero-order chi connectivity index (χ0) is 21.0. The molecule has 0 bridgehead atoms. The molecule has 2 N–H and O–H groups in total. The average molecular weight is 420 g/mol. The van der Waals surface area contributed by atoms with Gasteiger partial charge in [0, 0.05) is 29.8 Å². The number of fused-ring (bicyclic) bond motifs is 1. The van der Waals surface area contributed by atoms with Crippen molar-refractivity contribution in [2.45, 2.75) is 17.9 Å². The van der Waals surface area contributed by atoms with Crippen LogP contribution in [0.3, 0.4) is 0 Å². The molecule has 2 heterocycles. The van der Waals surface area contributed by atoms with E-state index in [4.69, 9.17) is 0 Å². The van der Waals surface area contributed by atoms with Crippen LogP contribution >= 0.6 is 0 Å². The number of nitrogens with one attached hydrogen (secondary N) is 2. The highest BCUT2D eigenvalue weighted by Gasteiger charge is 2.15. The van der Waals surface area contributed by atoms with E-state index < -0.39 is 9.84 Å². The monoisotopic (exact) mass is 419 g/mol. The van der Waals surface area contributed by atoms with Gasteiger partial charge in [-0.3, -0.25) is 9.78 Å². The Hall–Kier alpha value is -3.45. The lowest BCUT2D eigenvalue weighted by Crippen LogP contribution is -2.23. The molecule has 6 nitrogen and oxygen atoms in total. The van der Waals surface area contributed by atoms with Crippen molar-refractivity contribution in [3.63, 3.8) is 0 Å². The van der Waals surface area contributed by atoms with Crippen LogP contribution in [0.25, 0.3) is 10.9 Å². The lowest BCUT2D eigenvalue weighted by Gasteiger charge is -2.07. The van der Waals surface area contributed by atoms with Crippen LogP contribution in [0.5, 0.6) is 0 Å². The maximum atomic E-state index is 12.6. The van der Waals surface area contributed by atoms with Crippen molar-refractivity contribution in [3.8, 4) is 0 Å². The van der Waals surface area contributed by atoms with Gasteiger partial charge in [0.1, 0.15) is 5.69 Å². The summed E-state index contributed by atoms with van der Waals surface area (Å²) in [7, 11) is -3.36. The second kappa shape index (κ2) is 8.51. The number of pyridine rings is 1. The Morgan fingerprint density at radius 1 is 0.967 bits per heavy atom. The van der Waals surface area contributed by atoms with E-state index >= 15 is 0 Å². The number of carbonyl (C=O) groups excluding carboxylic acids is 1. The number of rotatable bonds is 7. The summed E-state index contributed by atoms with van der Waals surface area (Å²) in [6, 6.07) is 19.8. The highest BCUT2D eigenvalue weighted by Crippen LogP contribution is 2.16. The van der Waals surface area contributed by atoms with E-state index in [9.17, 15) is 13.2 Å². The van der Waals surface area contributed by atoms with Crippen LogP contribution in [-0.2, 0) is 22.8 Å². The fourth-order valence-electron chi connectivity index (χ4n) is 3.20. The van der Waals surface area contributed by atoms with Gasteiger partial charge in [0.05, 0.1) is 10.6 Å². The largest absolute Gasteiger partial charge is 0.350 e. The molecule has 0 fully saturated rings. The van der Waals surface area contributed by atoms with Crippen LogP contribution in [0.4, 0.5) is 0 Å². The van der Waals surface area contributed by atoms with E-state index in [1.807, 2.05) is 36.4 Å². The number of benzene rings is 2. The van der Waals surface area contributed by atoms with Crippen LogP contribution in [0.2, 0.25) is 0 Å². The van der Waals surface area contributed by atoms with Gasteiger partial charge in [0.2, 0.25) is 0 Å². The van der Waals surface area contributed by atoms with Gasteiger partial charge in [-0.05, 0) is 41.8 Å². The minimum absolute atomic E-state index is 0.0579. The van der Waals surface area contributed by atoms with E-state index in [0.29, 0.717) is 18.7 Å². The number of nitrogens with zero attached hydrogens (tertiary/aromatic N) is 1. The molecule has 7 heteroatoms. The molecule has 30 heavy (non-hydrogen) atoms. The van der Waals surface area contributed by atoms with Gasteiger partial charge in [-0.2, -0.15) is 0 Å². The second-order valence-corrected chi connectivity index (χ2v) is 9.14. The Kier molecular flexibility index (Phi) is 5.63. The number of amides is 1. The fourth-order valence-corrected chi connectivity index (χ4v) is 4.49. The highest BCUT2D eigenvalue weighted by molar-refractivity contribution is 7.91. The summed E-state index contributed by atoms with van der Waals surface area (Å²) in [5.74, 6) is -0.173. The van der Waals surface area contributed by atoms with Gasteiger partial charge in [-0.1, -0.05) is 42.5 Å². The molecule has 0 saturated carbocycles. The molecular formula is C23H21N3O3S. The van der Waals surface area contributed by atoms with Crippen LogP contribution in [0.15, 0.2) is 84.0 Å². The van der Waals surface area contributed by atoms with Crippen LogP contribution in [0, 0.1) is 0 Å². The maximum Gasteiger partial charge on any atom is 0.267 e. The van der Waals surface area contributed by atoms with Crippen molar-refractivity contribution in [3.05, 3.63) is 95.9 Å². The van der Waals surface area contributed by atoms with E-state index in [1.165, 1.54) is 0 Å². The molecule has 0 saturated heterocycles. The highest BCUT2D eigenvalue weighted by atomic mass is 32.2. The van der Waals surface area contributed by atoms with Gasteiger partial charge in [-0.25, -0.2) is 8.42 Å². The van der Waals surface area contributed by atoms with Gasteiger partial charge in [0.15, 0.2) is 9.84 Å². The van der Waals surface area contributed by atoms with E-state index in [1.54, 1.807) is 42.7 Å². The molecular weight excluding hydrogens is 398 g/mol. The Bertz CT molecular complexity index is 1230. The molecule has 0 atom stereocenters. The Morgan fingerprint density at radius 2 is 1.73 bits per heavy atom. The van der Waals surface area contributed by atoms with E-state index in [2.05, 4.69) is 15.3 Å². The first-order valence-electron chi connectivity index (χ1n) is 9.58. The fraction of sp³-hybridized carbons (Fsp3) is 0.130. The summed E-state index contributed by atoms with van der Waals surface area (Å²) >= 11 is 0. The maximum absolute atomic E-state index is 12.6. The Balaban J connectivity index is 1.36. The molecule has 4 aromatic rings. The Morgan fingerprint density at radius 3 is 2.47 bits per heavy atom. The van der Waals surface area contributed by atoms with Crippen molar-refractivity contribution in [2.75, 3.05) is 5.75 Å². The first kappa shape index (κ1) is 19.8. The summed E-state index contributed by atoms with van der Waals surface area (Å²) in [5.41, 5.74) is 3.12. The third kappa shape index (κ3) is 4.58. The predicted octanol–water partition coefficient (Wildman–Crippen LogP) is 3.51. The Labute approximate surface area is 174 Å². The smallest absolute Gasteiger partial charge is 0.267 e. The van der Waals surface area contributed by atoms with Crippen molar-refractivity contribution < 1.29 is 13.2 Å². The molecule has 4 rings (SSSR count). The van der Waals surface area contributed by atoms with Crippen molar-refractivity contribution in [2.24, 2.45) is 0 Å². The summed E-state index contributed by atoms with van der Waals surface area (Å²) in [4.78, 5) is 19.8. The summed E-state index contributed by atoms with van der Waals surface area (Å²) < 4.78 is 25.1. The number of carbonyl (C=O) groups is 1. The van der Waals surface area contributed by atoms with Gasteiger partial charge >= 0.3 is 0 Å². The summed E-state index contributed by atoms with van der Waals surface area (Å²) in [6.07, 6.45) is 3.83. The summed E-state index contributed by atoms with van der Waals surface area (Å²) in [5, 5.41) is 3.71. The average Bonchev–Trinajstić information content (AvgIpc) is 3.22. The lowest BCUT2D eigenvalue weighted by molar-refractivity contribution is 0.0946. The van der Waals surface area contributed by atoms with Crippen molar-refractivity contribution >= 4 is 26.6 Å². The molecule has 0 spiro atoms. The number of sulfone groups is 1. The topological polar surface area (TPSA) is 91.9 Å². The zero-order valence-corrected chi connectivity index (χ0v) is 17.0. The van der Waals surface area contributed by atoms with Gasteiger partial charge < -0.3 is 10.3 Å². The molecule has 0 aliphatic rings. The molecule has 152 valence electrons. The minimum Gasteiger partial charge on any atom is -0.350 e. The second-order valence-electron chi connectivity index (χ2n) is 7.03. The number of H-pyrrole nitrogens is 1. The van der Waals surface area contributed by atoms with Crippen molar-refractivity contribution in [1.29, 1.82) is 0 Å². The van der Waals surface area contributed by atoms with E-state index in [0.717, 1.165) is 22.0 Å². The first-order valence-corrected chi connectivity index (χ1v) is 11.2. The van der Waals surface area contributed by atoms with Gasteiger partial charge in [-0.15, -0.1) is 0 Å². The number of aryl methyl sites for hydroxylation is 1. The zero-order valence-electron chi connectivity index (χ0n) is 16.2. The third-order valence-electron chi connectivity index (χ3n) is 4.90. The quantitative estimate of drug-likeness (QED) is 0.480. The molecule has 0 radical (unpaired) electrons. The number of aromatic nitrogens is 2. The first-order chi connectivity index (χ1) is 14.5. The molecule has 2 aromatic carbocycles. The number of hydrogen-bond donors (Lipinski definition) is 2. The van der Waals surface area contributed by atoms with Crippen LogP contribution < -0.4 is 5.32 Å². The third-order valence-corrected chi connectivity index (χ3v) is 6.64. The van der Waals surface area contributed by atoms with Gasteiger partial charge in [0.25, 0.3) is 5.91 Å². The predicted molar refractivity (Wildman–Crippen MR) is 116 cm³/mol. The number of aromatic amines is 1. The standard InChI is InChI=1S/C23H21N3O3S/c27-23(22-14-19-16-24-12-10-21(19)26-22)25-15-18-6-8-20(9-7-18)30(28,29)13-11-17-4-2-1-3-5-17/h1-10,12,14,16,26H,11,13,15H2,(H,25,27). The van der Waals surface area contributed by atoms with Crippen molar-refractivity contribution in [1.82, 2.24) is 15.3 Å². The SMILES string of the molecule is O=C(NCc1ccc(S(=O)(=O)CCc2ccccc2)cc1)c1cc2cnccc2[nH]1. The molecule has 1 amide bonds. The molecule has 0 aliphatic heterocycles.